The largest absolute Gasteiger partial charge is 3.00 e. The van der Waals surface area contributed by atoms with Gasteiger partial charge in [0.2, 0.25) is 13.7 Å². The smallest absolute Gasteiger partial charge is 0.665 e. The average Bonchev–Trinajstić information content (AvgIpc) is 2.20. The number of aliphatic hydroxyl groups excluding tert-OH is 1. The molecule has 92 valence electrons. The van der Waals surface area contributed by atoms with Crippen molar-refractivity contribution in [2.45, 2.75) is 6.92 Å². The van der Waals surface area contributed by atoms with Crippen molar-refractivity contribution >= 4 is 33.0 Å². The minimum absolute atomic E-state index is 0. The first-order valence-corrected chi connectivity index (χ1v) is 3.61. The number of carbonyl (C=O) groups is 1. The molecule has 0 aliphatic carbocycles. The standard InChI is InChI=1S/C3H6NO.C2H4NO.CHBO2.CHO2.Y/c1-2-4-3-5;1-3-2-4;2-1(3)4;2-1-3;/h2H2,1H3,(H,4,5);1H3,(H,3,4);(H,3,4);(H,2,3);/q2*-1;;-1;+3. The van der Waals surface area contributed by atoms with Crippen molar-refractivity contribution in [3.63, 3.8) is 0 Å². The number of hydrogen-bond acceptors (Lipinski definition) is 4. The maximum atomic E-state index is 9.17. The third-order valence-electron chi connectivity index (χ3n) is 0.351. The Labute approximate surface area is 126 Å². The molecular formula is C7H12BN2O6Y. The Morgan fingerprint density at radius 3 is 1.53 bits per heavy atom. The molecule has 4 N–H and O–H groups in total. The van der Waals surface area contributed by atoms with Crippen LogP contribution in [0, 0.1) is 0 Å². The summed E-state index contributed by atoms with van der Waals surface area (Å²) in [6, 6.07) is 0. The minimum atomic E-state index is -1.33. The first kappa shape index (κ1) is 29.8. The Balaban J connectivity index is -0.0000000375. The van der Waals surface area contributed by atoms with Gasteiger partial charge in [0.1, 0.15) is 0 Å². The Hall–Kier alpha value is -0.951. The molecule has 0 bridgehead atoms. The fraction of sp³-hybridized carbons (Fsp3) is 0.429. The molecule has 0 spiro atoms. The molecule has 2 radical (unpaired) electrons. The number of carboxylic acid groups (broad SMARTS) is 1. The van der Waals surface area contributed by atoms with Gasteiger partial charge in [-0.15, -0.1) is 0 Å². The molecule has 0 atom stereocenters. The van der Waals surface area contributed by atoms with Crippen LogP contribution in [0.25, 0.3) is 0 Å². The number of carbonyl (C=O) groups excluding carboxylic acids is 2. The van der Waals surface area contributed by atoms with Gasteiger partial charge in [0, 0.05) is 0 Å². The van der Waals surface area contributed by atoms with Crippen molar-refractivity contribution in [1.29, 1.82) is 0 Å². The summed E-state index contributed by atoms with van der Waals surface area (Å²) in [5.41, 5.74) is 0. The molecule has 0 fully saturated rings. The van der Waals surface area contributed by atoms with E-state index in [4.69, 9.17) is 29.4 Å². The van der Waals surface area contributed by atoms with E-state index in [9.17, 15) is 0 Å². The normalized spacial score (nSPS) is 5.29. The predicted octanol–water partition coefficient (Wildman–Crippen LogP) is -1.62. The maximum Gasteiger partial charge on any atom is 3.00 e. The van der Waals surface area contributed by atoms with Gasteiger partial charge in [-0.1, -0.05) is 13.4 Å². The summed E-state index contributed by atoms with van der Waals surface area (Å²) in [5.74, 6) is -1.33. The summed E-state index contributed by atoms with van der Waals surface area (Å²) in [4.78, 5) is 35.1. The van der Waals surface area contributed by atoms with E-state index in [2.05, 4.69) is 18.5 Å². The van der Waals surface area contributed by atoms with Crippen molar-refractivity contribution in [3.8, 4) is 0 Å². The van der Waals surface area contributed by atoms with Gasteiger partial charge in [0.05, 0.1) is 0 Å². The zero-order valence-corrected chi connectivity index (χ0v) is 12.2. The minimum Gasteiger partial charge on any atom is -0.665 e. The summed E-state index contributed by atoms with van der Waals surface area (Å²) < 4.78 is 0. The second-order valence-electron chi connectivity index (χ2n) is 1.41. The molecule has 10 heteroatoms. The van der Waals surface area contributed by atoms with E-state index in [1.165, 1.54) is 19.9 Å². The third kappa shape index (κ3) is 610. The van der Waals surface area contributed by atoms with Crippen molar-refractivity contribution in [2.75, 3.05) is 13.6 Å². The van der Waals surface area contributed by atoms with Crippen LogP contribution >= 0.6 is 0 Å². The molecule has 0 aromatic rings. The fourth-order valence-electron chi connectivity index (χ4n) is 0.0722. The van der Waals surface area contributed by atoms with Crippen LogP contribution in [0.1, 0.15) is 6.92 Å². The topological polar surface area (TPSA) is 133 Å². The first-order chi connectivity index (χ1) is 7.47. The summed E-state index contributed by atoms with van der Waals surface area (Å²) in [6.45, 7) is 3.01. The fourth-order valence-corrected chi connectivity index (χ4v) is 0.0722. The van der Waals surface area contributed by atoms with Crippen LogP contribution in [-0.4, -0.2) is 56.8 Å². The van der Waals surface area contributed by atoms with Crippen LogP contribution in [-0.2, 0) is 47.1 Å². The van der Waals surface area contributed by atoms with Gasteiger partial charge in [-0.2, -0.15) is 12.8 Å². The third-order valence-corrected chi connectivity index (χ3v) is 0.351. The zero-order valence-electron chi connectivity index (χ0n) is 9.39. The molecular weight excluding hydrogens is 308 g/mol. The number of hydrogen-bond donors (Lipinski definition) is 4. The van der Waals surface area contributed by atoms with Crippen LogP contribution in [0.5, 0.6) is 0 Å². The maximum absolute atomic E-state index is 9.17. The van der Waals surface area contributed by atoms with Gasteiger partial charge in [0.15, 0.2) is 0 Å². The van der Waals surface area contributed by atoms with E-state index >= 15 is 0 Å². The SMILES string of the molecule is CCN[C-]=O.CN[C-]=O.O=[C-]O.[B]C(=O)O.[Y+3]. The Morgan fingerprint density at radius 1 is 1.29 bits per heavy atom. The van der Waals surface area contributed by atoms with Crippen molar-refractivity contribution in [1.82, 2.24) is 10.6 Å². The second kappa shape index (κ2) is 45.8. The van der Waals surface area contributed by atoms with E-state index in [1.807, 2.05) is 6.92 Å². The zero-order chi connectivity index (χ0) is 13.8. The Morgan fingerprint density at radius 2 is 1.53 bits per heavy atom. The van der Waals surface area contributed by atoms with Gasteiger partial charge in [-0.25, -0.2) is 0 Å². The summed E-state index contributed by atoms with van der Waals surface area (Å²) >= 11 is 0. The quantitative estimate of drug-likeness (QED) is 0.281. The van der Waals surface area contributed by atoms with Crippen LogP contribution in [0.3, 0.4) is 0 Å². The monoisotopic (exact) mass is 320 g/mol. The van der Waals surface area contributed by atoms with Gasteiger partial charge < -0.3 is 35.2 Å². The number of amides is 2. The average molecular weight is 320 g/mol. The van der Waals surface area contributed by atoms with Crippen LogP contribution < -0.4 is 10.6 Å². The molecule has 0 saturated heterocycles. The molecule has 17 heavy (non-hydrogen) atoms. The molecule has 0 saturated carbocycles. The van der Waals surface area contributed by atoms with Gasteiger partial charge in [-0.3, -0.25) is 4.79 Å². The first-order valence-electron chi connectivity index (χ1n) is 3.61. The molecule has 0 aromatic carbocycles. The van der Waals surface area contributed by atoms with Crippen LogP contribution in [0.4, 0.5) is 4.79 Å². The summed E-state index contributed by atoms with van der Waals surface area (Å²) in [7, 11) is 5.53. The Bertz CT molecular complexity index is 168. The van der Waals surface area contributed by atoms with Crippen molar-refractivity contribution < 1.29 is 62.1 Å². The van der Waals surface area contributed by atoms with Crippen molar-refractivity contribution in [3.05, 3.63) is 0 Å². The molecule has 0 unspecified atom stereocenters. The molecule has 0 aliphatic heterocycles. The van der Waals surface area contributed by atoms with E-state index in [1.54, 1.807) is 0 Å². The predicted molar refractivity (Wildman–Crippen MR) is 56.2 cm³/mol. The van der Waals surface area contributed by atoms with Crippen LogP contribution in [0.2, 0.25) is 0 Å². The molecule has 8 nitrogen and oxygen atoms in total. The Kier molecular flexibility index (Phi) is 80.3. The van der Waals surface area contributed by atoms with Gasteiger partial charge >= 0.3 is 32.7 Å². The number of rotatable bonds is 3. The molecule has 0 aliphatic rings. The number of nitrogens with one attached hydrogen (secondary N) is 2. The van der Waals surface area contributed by atoms with E-state index in [-0.39, 0.29) is 32.7 Å². The van der Waals surface area contributed by atoms with Crippen LogP contribution in [0.15, 0.2) is 0 Å². The molecule has 0 heterocycles. The van der Waals surface area contributed by atoms with E-state index in [0.717, 1.165) is 0 Å². The van der Waals surface area contributed by atoms with Crippen molar-refractivity contribution in [2.24, 2.45) is 0 Å². The van der Waals surface area contributed by atoms with E-state index in [0.29, 0.717) is 13.0 Å². The van der Waals surface area contributed by atoms with Gasteiger partial charge in [0.25, 0.3) is 0 Å². The second-order valence-corrected chi connectivity index (χ2v) is 1.41. The molecule has 2 amide bonds. The summed E-state index contributed by atoms with van der Waals surface area (Å²) in [5, 5.41) is 18.4. The molecule has 0 aromatic heterocycles. The molecule has 0 rings (SSSR count). The van der Waals surface area contributed by atoms with E-state index < -0.39 is 5.87 Å². The summed E-state index contributed by atoms with van der Waals surface area (Å²) in [6.07, 6.45) is 2.95. The van der Waals surface area contributed by atoms with Gasteiger partial charge in [-0.05, 0) is 13.6 Å².